The van der Waals surface area contributed by atoms with Crippen LogP contribution in [0.1, 0.15) is 17.0 Å². The van der Waals surface area contributed by atoms with Crippen LogP contribution in [0, 0.1) is 0 Å². The summed E-state index contributed by atoms with van der Waals surface area (Å²) in [7, 11) is 1.95. The number of ether oxygens (including phenoxy) is 1. The minimum absolute atomic E-state index is 0.132. The van der Waals surface area contributed by atoms with Gasteiger partial charge in [-0.15, -0.1) is 0 Å². The number of nitrogens with zero attached hydrogens (tertiary/aromatic N) is 5. The van der Waals surface area contributed by atoms with E-state index >= 15 is 0 Å². The van der Waals surface area contributed by atoms with Gasteiger partial charge in [0.1, 0.15) is 0 Å². The third-order valence-electron chi connectivity index (χ3n) is 4.53. The van der Waals surface area contributed by atoms with Crippen LogP contribution in [-0.2, 0) is 38.0 Å². The highest BCUT2D eigenvalue weighted by molar-refractivity contribution is 5.10. The van der Waals surface area contributed by atoms with Crippen molar-refractivity contribution in [2.24, 2.45) is 7.05 Å². The molecule has 0 saturated carbocycles. The summed E-state index contributed by atoms with van der Waals surface area (Å²) in [6.45, 7) is 4.11. The van der Waals surface area contributed by atoms with Crippen molar-refractivity contribution in [3.8, 4) is 0 Å². The fourth-order valence-corrected chi connectivity index (χ4v) is 3.35. The summed E-state index contributed by atoms with van der Waals surface area (Å²) in [5.74, 6) is 0. The van der Waals surface area contributed by atoms with Crippen molar-refractivity contribution in [1.29, 1.82) is 0 Å². The fraction of sp³-hybridized carbons (Fsp3) is 0.368. The fourth-order valence-electron chi connectivity index (χ4n) is 3.35. The molecule has 1 aliphatic heterocycles. The zero-order valence-corrected chi connectivity index (χ0v) is 14.5. The molecular weight excluding hydrogens is 314 g/mol. The first-order valence-corrected chi connectivity index (χ1v) is 8.62. The molecule has 25 heavy (non-hydrogen) atoms. The monoisotopic (exact) mass is 337 g/mol. The number of aryl methyl sites for hydroxylation is 1. The minimum atomic E-state index is 0.132. The third kappa shape index (κ3) is 3.97. The Morgan fingerprint density at radius 2 is 2.16 bits per heavy atom. The molecule has 1 unspecified atom stereocenters. The lowest BCUT2D eigenvalue weighted by Crippen LogP contribution is -2.32. The maximum Gasteiger partial charge on any atom is 0.0893 e. The van der Waals surface area contributed by atoms with Crippen LogP contribution in [0.25, 0.3) is 0 Å². The second-order valence-corrected chi connectivity index (χ2v) is 6.60. The van der Waals surface area contributed by atoms with Crippen LogP contribution < -0.4 is 0 Å². The number of pyridine rings is 1. The van der Waals surface area contributed by atoms with E-state index in [0.717, 1.165) is 31.9 Å². The van der Waals surface area contributed by atoms with E-state index in [2.05, 4.69) is 44.1 Å². The van der Waals surface area contributed by atoms with E-state index in [1.54, 1.807) is 0 Å². The Morgan fingerprint density at radius 3 is 2.96 bits per heavy atom. The average Bonchev–Trinajstić information content (AvgIpc) is 3.19. The molecule has 0 fully saturated rings. The summed E-state index contributed by atoms with van der Waals surface area (Å²) in [6, 6.07) is 10.2. The average molecular weight is 337 g/mol. The van der Waals surface area contributed by atoms with Crippen molar-refractivity contribution < 1.29 is 4.74 Å². The number of hydrogen-bond donors (Lipinski definition) is 0. The maximum atomic E-state index is 6.20. The highest BCUT2D eigenvalue weighted by Crippen LogP contribution is 2.18. The van der Waals surface area contributed by atoms with Crippen molar-refractivity contribution in [3.05, 3.63) is 72.1 Å². The van der Waals surface area contributed by atoms with E-state index in [1.165, 1.54) is 11.3 Å². The van der Waals surface area contributed by atoms with Gasteiger partial charge in [-0.05, 0) is 24.3 Å². The first-order valence-electron chi connectivity index (χ1n) is 8.62. The van der Waals surface area contributed by atoms with E-state index in [-0.39, 0.29) is 6.10 Å². The SMILES string of the molecule is Cn1cc(CN2Cc3cccn3CC(OCc3ccccn3)C2)cn1. The van der Waals surface area contributed by atoms with Crippen LogP contribution in [0.5, 0.6) is 0 Å². The van der Waals surface area contributed by atoms with Crippen molar-refractivity contribution >= 4 is 0 Å². The molecule has 0 aliphatic carbocycles. The first kappa shape index (κ1) is 16.1. The summed E-state index contributed by atoms with van der Waals surface area (Å²) >= 11 is 0. The Hall–Kier alpha value is -2.44. The lowest BCUT2D eigenvalue weighted by molar-refractivity contribution is 0.00725. The molecule has 0 bridgehead atoms. The molecule has 3 aromatic heterocycles. The zero-order valence-electron chi connectivity index (χ0n) is 14.5. The predicted molar refractivity (Wildman–Crippen MR) is 94.6 cm³/mol. The number of fused-ring (bicyclic) bond motifs is 1. The van der Waals surface area contributed by atoms with Crippen molar-refractivity contribution in [1.82, 2.24) is 24.2 Å². The Morgan fingerprint density at radius 1 is 1.20 bits per heavy atom. The van der Waals surface area contributed by atoms with E-state index in [1.807, 2.05) is 42.3 Å². The summed E-state index contributed by atoms with van der Waals surface area (Å²) in [5.41, 5.74) is 3.53. The van der Waals surface area contributed by atoms with Gasteiger partial charge in [0.25, 0.3) is 0 Å². The van der Waals surface area contributed by atoms with Crippen LogP contribution in [-0.4, -0.2) is 36.9 Å². The zero-order chi connectivity index (χ0) is 17.1. The molecule has 0 N–H and O–H groups in total. The lowest BCUT2D eigenvalue weighted by atomic mass is 10.2. The van der Waals surface area contributed by atoms with Gasteiger partial charge in [-0.1, -0.05) is 6.07 Å². The molecule has 1 aliphatic rings. The molecule has 4 rings (SSSR count). The van der Waals surface area contributed by atoms with Gasteiger partial charge in [-0.2, -0.15) is 5.10 Å². The highest BCUT2D eigenvalue weighted by Gasteiger charge is 2.22. The first-order chi connectivity index (χ1) is 12.3. The number of rotatable bonds is 5. The Bertz CT molecular complexity index is 810. The minimum Gasteiger partial charge on any atom is -0.369 e. The van der Waals surface area contributed by atoms with E-state index < -0.39 is 0 Å². The molecule has 1 atom stereocenters. The molecular formula is C19H23N5O. The van der Waals surface area contributed by atoms with Gasteiger partial charge in [0.15, 0.2) is 0 Å². The number of aromatic nitrogens is 4. The summed E-state index contributed by atoms with van der Waals surface area (Å²) in [5, 5.41) is 4.28. The molecule has 0 saturated heterocycles. The molecule has 130 valence electrons. The molecule has 4 heterocycles. The molecule has 3 aromatic rings. The lowest BCUT2D eigenvalue weighted by Gasteiger charge is -2.23. The standard InChI is InChI=1S/C19H23N5O/c1-22-10-16(9-21-22)11-23-12-18-6-4-8-24(18)14-19(13-23)25-15-17-5-2-3-7-20-17/h2-10,19H,11-15H2,1H3. The molecule has 0 spiro atoms. The molecule has 6 heteroatoms. The van der Waals surface area contributed by atoms with Crippen LogP contribution in [0.2, 0.25) is 0 Å². The van der Waals surface area contributed by atoms with Crippen LogP contribution in [0.4, 0.5) is 0 Å². The Balaban J connectivity index is 1.47. The molecule has 0 amide bonds. The highest BCUT2D eigenvalue weighted by atomic mass is 16.5. The second-order valence-electron chi connectivity index (χ2n) is 6.60. The molecule has 6 nitrogen and oxygen atoms in total. The van der Waals surface area contributed by atoms with Crippen LogP contribution in [0.3, 0.4) is 0 Å². The molecule has 0 radical (unpaired) electrons. The van der Waals surface area contributed by atoms with Crippen molar-refractivity contribution in [2.75, 3.05) is 6.54 Å². The van der Waals surface area contributed by atoms with Gasteiger partial charge in [0.05, 0.1) is 24.6 Å². The van der Waals surface area contributed by atoms with Crippen LogP contribution >= 0.6 is 0 Å². The predicted octanol–water partition coefficient (Wildman–Crippen LogP) is 2.22. The van der Waals surface area contributed by atoms with Crippen molar-refractivity contribution in [3.63, 3.8) is 0 Å². The van der Waals surface area contributed by atoms with Gasteiger partial charge in [-0.3, -0.25) is 14.6 Å². The number of hydrogen-bond acceptors (Lipinski definition) is 4. The van der Waals surface area contributed by atoms with E-state index in [9.17, 15) is 0 Å². The topological polar surface area (TPSA) is 48.1 Å². The summed E-state index contributed by atoms with van der Waals surface area (Å²) in [4.78, 5) is 6.78. The quantitative estimate of drug-likeness (QED) is 0.716. The van der Waals surface area contributed by atoms with E-state index in [4.69, 9.17) is 4.74 Å². The maximum absolute atomic E-state index is 6.20. The largest absolute Gasteiger partial charge is 0.369 e. The summed E-state index contributed by atoms with van der Waals surface area (Å²) in [6.07, 6.45) is 8.10. The molecule has 0 aromatic carbocycles. The van der Waals surface area contributed by atoms with Gasteiger partial charge in [0.2, 0.25) is 0 Å². The Labute approximate surface area is 147 Å². The van der Waals surface area contributed by atoms with Gasteiger partial charge in [0, 0.05) is 63.1 Å². The third-order valence-corrected chi connectivity index (χ3v) is 4.53. The summed E-state index contributed by atoms with van der Waals surface area (Å²) < 4.78 is 10.4. The second kappa shape index (κ2) is 7.21. The van der Waals surface area contributed by atoms with Gasteiger partial charge < -0.3 is 9.30 Å². The Kier molecular flexibility index (Phi) is 4.63. The van der Waals surface area contributed by atoms with Gasteiger partial charge in [-0.25, -0.2) is 0 Å². The van der Waals surface area contributed by atoms with E-state index in [0.29, 0.717) is 6.61 Å². The van der Waals surface area contributed by atoms with Crippen molar-refractivity contribution in [2.45, 2.75) is 32.3 Å². The van der Waals surface area contributed by atoms with Gasteiger partial charge >= 0.3 is 0 Å². The van der Waals surface area contributed by atoms with Crippen LogP contribution in [0.15, 0.2) is 55.1 Å². The smallest absolute Gasteiger partial charge is 0.0893 e. The normalized spacial score (nSPS) is 18.0.